The first-order valence-corrected chi connectivity index (χ1v) is 6.03. The molecule has 1 aromatic heterocycles. The Bertz CT molecular complexity index is 345. The Labute approximate surface area is 97.6 Å². The van der Waals surface area contributed by atoms with Gasteiger partial charge < -0.3 is 10.2 Å². The third-order valence-electron chi connectivity index (χ3n) is 3.35. The summed E-state index contributed by atoms with van der Waals surface area (Å²) in [6, 6.07) is 0. The first-order valence-electron chi connectivity index (χ1n) is 6.03. The van der Waals surface area contributed by atoms with Crippen molar-refractivity contribution in [2.24, 2.45) is 13.0 Å². The van der Waals surface area contributed by atoms with E-state index in [9.17, 15) is 0 Å². The minimum absolute atomic E-state index is 0.821. The molecule has 0 aliphatic carbocycles. The van der Waals surface area contributed by atoms with E-state index in [0.29, 0.717) is 0 Å². The number of aromatic nitrogens is 2. The Hall–Kier alpha value is -0.870. The highest BCUT2D eigenvalue weighted by Gasteiger charge is 2.18. The van der Waals surface area contributed by atoms with E-state index in [-0.39, 0.29) is 0 Å². The van der Waals surface area contributed by atoms with Crippen molar-refractivity contribution in [3.05, 3.63) is 17.5 Å². The monoisotopic (exact) mass is 222 g/mol. The zero-order chi connectivity index (χ0) is 11.5. The van der Waals surface area contributed by atoms with Crippen LogP contribution >= 0.6 is 0 Å². The normalized spacial score (nSPS) is 21.8. The average molecular weight is 222 g/mol. The summed E-state index contributed by atoms with van der Waals surface area (Å²) in [6.45, 7) is 6.62. The highest BCUT2D eigenvalue weighted by atomic mass is 15.2. The van der Waals surface area contributed by atoms with Gasteiger partial charge in [0.15, 0.2) is 0 Å². The molecule has 1 aromatic rings. The molecule has 1 N–H and O–H groups in total. The first kappa shape index (κ1) is 11.6. The number of hydrogen-bond acceptors (Lipinski definition) is 3. The quantitative estimate of drug-likeness (QED) is 0.817. The second-order valence-electron chi connectivity index (χ2n) is 4.96. The first-order chi connectivity index (χ1) is 7.65. The highest BCUT2D eigenvalue weighted by Crippen LogP contribution is 2.13. The second kappa shape index (κ2) is 4.97. The molecule has 0 spiro atoms. The van der Waals surface area contributed by atoms with Gasteiger partial charge in [0.1, 0.15) is 0 Å². The number of likely N-dealkylation sites (tertiary alicyclic amines) is 1. The SMILES string of the molecule is Cc1nn(C)cc1CNCC1CCN(C)C1. The molecule has 90 valence electrons. The summed E-state index contributed by atoms with van der Waals surface area (Å²) in [5, 5.41) is 7.88. The van der Waals surface area contributed by atoms with Crippen molar-refractivity contribution in [2.45, 2.75) is 19.9 Å². The summed E-state index contributed by atoms with van der Waals surface area (Å²) in [6.07, 6.45) is 3.43. The van der Waals surface area contributed by atoms with Gasteiger partial charge in [-0.3, -0.25) is 4.68 Å². The lowest BCUT2D eigenvalue weighted by Gasteiger charge is -2.11. The molecular weight excluding hydrogens is 200 g/mol. The van der Waals surface area contributed by atoms with Crippen molar-refractivity contribution in [2.75, 3.05) is 26.7 Å². The van der Waals surface area contributed by atoms with Crippen molar-refractivity contribution < 1.29 is 0 Å². The fraction of sp³-hybridized carbons (Fsp3) is 0.750. The number of nitrogens with one attached hydrogen (secondary N) is 1. The Morgan fingerprint density at radius 1 is 1.50 bits per heavy atom. The Kier molecular flexibility index (Phi) is 3.61. The molecule has 1 atom stereocenters. The third kappa shape index (κ3) is 2.83. The predicted molar refractivity (Wildman–Crippen MR) is 65.3 cm³/mol. The van der Waals surface area contributed by atoms with Gasteiger partial charge in [-0.05, 0) is 39.4 Å². The Balaban J connectivity index is 1.74. The second-order valence-corrected chi connectivity index (χ2v) is 4.96. The minimum Gasteiger partial charge on any atom is -0.312 e. The van der Waals surface area contributed by atoms with Crippen molar-refractivity contribution in [3.63, 3.8) is 0 Å². The topological polar surface area (TPSA) is 33.1 Å². The van der Waals surface area contributed by atoms with Crippen molar-refractivity contribution >= 4 is 0 Å². The van der Waals surface area contributed by atoms with E-state index in [4.69, 9.17) is 0 Å². The Morgan fingerprint density at radius 3 is 2.88 bits per heavy atom. The molecule has 1 fully saturated rings. The fourth-order valence-corrected chi connectivity index (χ4v) is 2.43. The predicted octanol–water partition coefficient (Wildman–Crippen LogP) is 0.770. The summed E-state index contributed by atoms with van der Waals surface area (Å²) in [5.41, 5.74) is 2.45. The molecule has 4 nitrogen and oxygen atoms in total. The van der Waals surface area contributed by atoms with E-state index in [1.165, 1.54) is 25.1 Å². The van der Waals surface area contributed by atoms with Gasteiger partial charge in [0.05, 0.1) is 5.69 Å². The van der Waals surface area contributed by atoms with E-state index in [0.717, 1.165) is 24.7 Å². The lowest BCUT2D eigenvalue weighted by molar-refractivity contribution is 0.388. The van der Waals surface area contributed by atoms with Crippen LogP contribution in [0.3, 0.4) is 0 Å². The van der Waals surface area contributed by atoms with Gasteiger partial charge in [-0.2, -0.15) is 5.10 Å². The van der Waals surface area contributed by atoms with Crippen LogP contribution in [-0.4, -0.2) is 41.4 Å². The minimum atomic E-state index is 0.821. The number of rotatable bonds is 4. The zero-order valence-corrected chi connectivity index (χ0v) is 10.5. The van der Waals surface area contributed by atoms with Crippen LogP contribution in [0.4, 0.5) is 0 Å². The molecule has 2 rings (SSSR count). The van der Waals surface area contributed by atoms with Gasteiger partial charge in [0.25, 0.3) is 0 Å². The van der Waals surface area contributed by atoms with Gasteiger partial charge >= 0.3 is 0 Å². The van der Waals surface area contributed by atoms with Crippen molar-refractivity contribution in [1.82, 2.24) is 20.0 Å². The zero-order valence-electron chi connectivity index (χ0n) is 10.5. The molecule has 0 aromatic carbocycles. The summed E-state index contributed by atoms with van der Waals surface area (Å²) >= 11 is 0. The summed E-state index contributed by atoms with van der Waals surface area (Å²) in [7, 11) is 4.17. The molecule has 1 aliphatic rings. The van der Waals surface area contributed by atoms with Crippen LogP contribution in [0.5, 0.6) is 0 Å². The van der Waals surface area contributed by atoms with Gasteiger partial charge in [0.2, 0.25) is 0 Å². The number of nitrogens with zero attached hydrogens (tertiary/aromatic N) is 3. The maximum absolute atomic E-state index is 4.34. The average Bonchev–Trinajstić information content (AvgIpc) is 2.74. The van der Waals surface area contributed by atoms with Crippen LogP contribution in [-0.2, 0) is 13.6 Å². The Morgan fingerprint density at radius 2 is 2.31 bits per heavy atom. The maximum Gasteiger partial charge on any atom is 0.0638 e. The van der Waals surface area contributed by atoms with E-state index < -0.39 is 0 Å². The fourth-order valence-electron chi connectivity index (χ4n) is 2.43. The van der Waals surface area contributed by atoms with E-state index in [2.05, 4.69) is 35.5 Å². The lowest BCUT2D eigenvalue weighted by atomic mass is 10.1. The molecule has 16 heavy (non-hydrogen) atoms. The molecule has 1 aliphatic heterocycles. The molecule has 2 heterocycles. The number of hydrogen-bond donors (Lipinski definition) is 1. The molecule has 0 bridgehead atoms. The smallest absolute Gasteiger partial charge is 0.0638 e. The molecular formula is C12H22N4. The van der Waals surface area contributed by atoms with Crippen LogP contribution in [0.2, 0.25) is 0 Å². The van der Waals surface area contributed by atoms with Crippen LogP contribution in [0, 0.1) is 12.8 Å². The third-order valence-corrected chi connectivity index (χ3v) is 3.35. The van der Waals surface area contributed by atoms with Gasteiger partial charge in [-0.25, -0.2) is 0 Å². The summed E-state index contributed by atoms with van der Waals surface area (Å²) in [4.78, 5) is 2.40. The molecule has 4 heteroatoms. The van der Waals surface area contributed by atoms with Gasteiger partial charge in [0, 0.05) is 31.9 Å². The van der Waals surface area contributed by atoms with Gasteiger partial charge in [-0.1, -0.05) is 0 Å². The van der Waals surface area contributed by atoms with Crippen LogP contribution < -0.4 is 5.32 Å². The van der Waals surface area contributed by atoms with Crippen molar-refractivity contribution in [3.8, 4) is 0 Å². The molecule has 0 saturated carbocycles. The largest absolute Gasteiger partial charge is 0.312 e. The molecule has 0 amide bonds. The van der Waals surface area contributed by atoms with Crippen LogP contribution in [0.25, 0.3) is 0 Å². The molecule has 0 radical (unpaired) electrons. The highest BCUT2D eigenvalue weighted by molar-refractivity contribution is 5.14. The van der Waals surface area contributed by atoms with E-state index in [1.807, 2.05) is 11.7 Å². The molecule has 1 unspecified atom stereocenters. The number of aryl methyl sites for hydroxylation is 2. The van der Waals surface area contributed by atoms with E-state index >= 15 is 0 Å². The maximum atomic E-state index is 4.34. The van der Waals surface area contributed by atoms with Crippen molar-refractivity contribution in [1.29, 1.82) is 0 Å². The van der Waals surface area contributed by atoms with Crippen LogP contribution in [0.1, 0.15) is 17.7 Å². The summed E-state index contributed by atoms with van der Waals surface area (Å²) < 4.78 is 1.88. The van der Waals surface area contributed by atoms with Gasteiger partial charge in [-0.15, -0.1) is 0 Å². The van der Waals surface area contributed by atoms with Crippen LogP contribution in [0.15, 0.2) is 6.20 Å². The summed E-state index contributed by atoms with van der Waals surface area (Å²) in [5.74, 6) is 0.821. The van der Waals surface area contributed by atoms with E-state index in [1.54, 1.807) is 0 Å². The molecule has 1 saturated heterocycles. The standard InChI is InChI=1S/C12H22N4/c1-10-12(9-16(3)14-10)7-13-6-11-4-5-15(2)8-11/h9,11,13H,4-8H2,1-3H3. The lowest BCUT2D eigenvalue weighted by Crippen LogP contribution is -2.24.